The number of aromatic nitrogens is 2. The van der Waals surface area contributed by atoms with Crippen LogP contribution in [0.25, 0.3) is 11.1 Å². The number of H-pyrrole nitrogens is 1. The van der Waals surface area contributed by atoms with E-state index in [9.17, 15) is 9.18 Å². The Morgan fingerprint density at radius 3 is 2.34 bits per heavy atom. The van der Waals surface area contributed by atoms with Gasteiger partial charge in [-0.05, 0) is 36.2 Å². The number of anilines is 1. The number of hydrogen-bond donors (Lipinski definition) is 2. The highest BCUT2D eigenvalue weighted by molar-refractivity contribution is 5.96. The molecular formula is C21H22FN3O4. The van der Waals surface area contributed by atoms with E-state index in [0.29, 0.717) is 39.8 Å². The van der Waals surface area contributed by atoms with Crippen LogP contribution in [0, 0.1) is 12.7 Å². The van der Waals surface area contributed by atoms with Gasteiger partial charge in [0.2, 0.25) is 11.7 Å². The van der Waals surface area contributed by atoms with Crippen LogP contribution in [0.3, 0.4) is 0 Å². The molecule has 0 saturated carbocycles. The van der Waals surface area contributed by atoms with E-state index >= 15 is 0 Å². The zero-order valence-electron chi connectivity index (χ0n) is 16.6. The summed E-state index contributed by atoms with van der Waals surface area (Å²) in [6, 6.07) is 9.70. The molecule has 1 heterocycles. The fourth-order valence-corrected chi connectivity index (χ4v) is 3.09. The highest BCUT2D eigenvalue weighted by atomic mass is 19.1. The number of amides is 1. The number of nitrogens with one attached hydrogen (secondary N) is 2. The van der Waals surface area contributed by atoms with Gasteiger partial charge in [0.1, 0.15) is 5.82 Å². The molecule has 0 atom stereocenters. The number of methoxy groups -OCH3 is 3. The van der Waals surface area contributed by atoms with Crippen molar-refractivity contribution in [2.24, 2.45) is 0 Å². The van der Waals surface area contributed by atoms with E-state index in [1.807, 2.05) is 6.92 Å². The third-order valence-corrected chi connectivity index (χ3v) is 4.47. The Balaban J connectivity index is 1.94. The lowest BCUT2D eigenvalue weighted by Crippen LogP contribution is -2.16. The summed E-state index contributed by atoms with van der Waals surface area (Å²) in [5.74, 6) is 0.946. The van der Waals surface area contributed by atoms with Gasteiger partial charge in [-0.2, -0.15) is 5.10 Å². The summed E-state index contributed by atoms with van der Waals surface area (Å²) in [6.07, 6.45) is -0.104. The van der Waals surface area contributed by atoms with Crippen LogP contribution in [0.15, 0.2) is 36.4 Å². The second-order valence-corrected chi connectivity index (χ2v) is 6.30. The maximum Gasteiger partial charge on any atom is 0.230 e. The number of ether oxygens (including phenoxy) is 3. The smallest absolute Gasteiger partial charge is 0.230 e. The van der Waals surface area contributed by atoms with Gasteiger partial charge in [0, 0.05) is 11.3 Å². The summed E-state index contributed by atoms with van der Waals surface area (Å²) in [6.45, 7) is 1.83. The maximum atomic E-state index is 13.8. The van der Waals surface area contributed by atoms with Gasteiger partial charge in [0.25, 0.3) is 0 Å². The quantitative estimate of drug-likeness (QED) is 0.632. The summed E-state index contributed by atoms with van der Waals surface area (Å²) in [5.41, 5.74) is 2.44. The van der Waals surface area contributed by atoms with Crippen LogP contribution in [-0.2, 0) is 11.2 Å². The Morgan fingerprint density at radius 2 is 1.76 bits per heavy atom. The van der Waals surface area contributed by atoms with Gasteiger partial charge in [-0.25, -0.2) is 4.39 Å². The lowest BCUT2D eigenvalue weighted by atomic mass is 10.0. The van der Waals surface area contributed by atoms with Crippen molar-refractivity contribution in [1.82, 2.24) is 10.2 Å². The number of nitrogens with zero attached hydrogens (tertiary/aromatic N) is 1. The van der Waals surface area contributed by atoms with E-state index in [1.165, 1.54) is 27.4 Å². The number of benzene rings is 2. The third kappa shape index (κ3) is 4.16. The Hall–Kier alpha value is -3.55. The molecule has 2 aromatic carbocycles. The maximum absolute atomic E-state index is 13.8. The van der Waals surface area contributed by atoms with Crippen LogP contribution in [-0.4, -0.2) is 37.4 Å². The average molecular weight is 399 g/mol. The van der Waals surface area contributed by atoms with Gasteiger partial charge < -0.3 is 19.5 Å². The normalized spacial score (nSPS) is 10.5. The average Bonchev–Trinajstić information content (AvgIpc) is 3.08. The van der Waals surface area contributed by atoms with Crippen molar-refractivity contribution in [2.75, 3.05) is 26.6 Å². The number of aromatic amines is 1. The molecular weight excluding hydrogens is 377 g/mol. The first-order chi connectivity index (χ1) is 14.0. The molecule has 0 spiro atoms. The molecule has 3 rings (SSSR count). The Kier molecular flexibility index (Phi) is 6.01. The molecule has 0 aliphatic rings. The second kappa shape index (κ2) is 8.64. The summed E-state index contributed by atoms with van der Waals surface area (Å²) >= 11 is 0. The Bertz CT molecular complexity index is 1010. The molecule has 0 fully saturated rings. The summed E-state index contributed by atoms with van der Waals surface area (Å²) in [5, 5.41) is 9.80. The first kappa shape index (κ1) is 20.2. The third-order valence-electron chi connectivity index (χ3n) is 4.47. The van der Waals surface area contributed by atoms with Crippen molar-refractivity contribution in [2.45, 2.75) is 13.3 Å². The molecule has 2 N–H and O–H groups in total. The first-order valence-electron chi connectivity index (χ1n) is 8.87. The van der Waals surface area contributed by atoms with Gasteiger partial charge in [0.15, 0.2) is 17.3 Å². The van der Waals surface area contributed by atoms with Gasteiger partial charge >= 0.3 is 0 Å². The van der Waals surface area contributed by atoms with Crippen LogP contribution in [0.5, 0.6) is 17.2 Å². The molecule has 0 radical (unpaired) electrons. The van der Waals surface area contributed by atoms with E-state index in [-0.39, 0.29) is 12.3 Å². The largest absolute Gasteiger partial charge is 0.493 e. The van der Waals surface area contributed by atoms with Gasteiger partial charge in [-0.1, -0.05) is 18.2 Å². The Labute approximate surface area is 167 Å². The van der Waals surface area contributed by atoms with Crippen LogP contribution in [0.2, 0.25) is 0 Å². The molecule has 0 bridgehead atoms. The van der Waals surface area contributed by atoms with Crippen LogP contribution in [0.4, 0.5) is 10.2 Å². The van der Waals surface area contributed by atoms with Crippen LogP contribution in [0.1, 0.15) is 11.3 Å². The predicted octanol–water partition coefficient (Wildman–Crippen LogP) is 3.73. The van der Waals surface area contributed by atoms with Gasteiger partial charge in [-0.15, -0.1) is 0 Å². The number of hydrogen-bond acceptors (Lipinski definition) is 5. The second-order valence-electron chi connectivity index (χ2n) is 6.30. The molecule has 3 aromatic rings. The SMILES string of the molecule is COc1cc(-c2c(NC(=O)Cc3ccccc3F)n[nH]c2C)cc(OC)c1OC. The van der Waals surface area contributed by atoms with Crippen molar-refractivity contribution in [1.29, 1.82) is 0 Å². The predicted molar refractivity (Wildman–Crippen MR) is 107 cm³/mol. The van der Waals surface area contributed by atoms with Crippen molar-refractivity contribution >= 4 is 11.7 Å². The first-order valence-corrected chi connectivity index (χ1v) is 8.87. The highest BCUT2D eigenvalue weighted by Gasteiger charge is 2.20. The summed E-state index contributed by atoms with van der Waals surface area (Å²) in [4.78, 5) is 12.5. The lowest BCUT2D eigenvalue weighted by Gasteiger charge is -2.15. The molecule has 152 valence electrons. The zero-order chi connectivity index (χ0) is 21.0. The number of carbonyl (C=O) groups excluding carboxylic acids is 1. The van der Waals surface area contributed by atoms with E-state index in [0.717, 1.165) is 5.69 Å². The molecule has 1 amide bonds. The van der Waals surface area contributed by atoms with E-state index in [1.54, 1.807) is 30.3 Å². The van der Waals surface area contributed by atoms with Gasteiger partial charge in [0.05, 0.1) is 27.8 Å². The van der Waals surface area contributed by atoms with E-state index in [4.69, 9.17) is 14.2 Å². The molecule has 29 heavy (non-hydrogen) atoms. The molecule has 8 heteroatoms. The molecule has 7 nitrogen and oxygen atoms in total. The molecule has 1 aromatic heterocycles. The summed E-state index contributed by atoms with van der Waals surface area (Å²) in [7, 11) is 4.58. The lowest BCUT2D eigenvalue weighted by molar-refractivity contribution is -0.115. The highest BCUT2D eigenvalue weighted by Crippen LogP contribution is 2.43. The Morgan fingerprint density at radius 1 is 1.10 bits per heavy atom. The molecule has 0 saturated heterocycles. The van der Waals surface area contributed by atoms with Crippen molar-refractivity contribution in [3.05, 3.63) is 53.5 Å². The molecule has 0 unspecified atom stereocenters. The fourth-order valence-electron chi connectivity index (χ4n) is 3.09. The monoisotopic (exact) mass is 399 g/mol. The van der Waals surface area contributed by atoms with Crippen LogP contribution >= 0.6 is 0 Å². The standard InChI is InChI=1S/C21H22FN3O4/c1-12-19(14-9-16(27-2)20(29-4)17(10-14)28-3)21(25-24-12)23-18(26)11-13-7-5-6-8-15(13)22/h5-10H,11H2,1-4H3,(H2,23,24,25,26). The molecule has 0 aliphatic heterocycles. The summed E-state index contributed by atoms with van der Waals surface area (Å²) < 4.78 is 30.0. The van der Waals surface area contributed by atoms with Crippen molar-refractivity contribution in [3.63, 3.8) is 0 Å². The number of carbonyl (C=O) groups is 1. The van der Waals surface area contributed by atoms with Crippen molar-refractivity contribution < 1.29 is 23.4 Å². The van der Waals surface area contributed by atoms with Gasteiger partial charge in [-0.3, -0.25) is 9.89 Å². The molecule has 0 aliphatic carbocycles. The van der Waals surface area contributed by atoms with Crippen LogP contribution < -0.4 is 19.5 Å². The zero-order valence-corrected chi connectivity index (χ0v) is 16.6. The minimum absolute atomic E-state index is 0.104. The topological polar surface area (TPSA) is 85.5 Å². The number of halogens is 1. The van der Waals surface area contributed by atoms with E-state index < -0.39 is 5.82 Å². The number of aryl methyl sites for hydroxylation is 1. The number of rotatable bonds is 7. The van der Waals surface area contributed by atoms with E-state index in [2.05, 4.69) is 15.5 Å². The minimum atomic E-state index is -0.425. The fraction of sp³-hybridized carbons (Fsp3) is 0.238. The minimum Gasteiger partial charge on any atom is -0.493 e. The van der Waals surface area contributed by atoms with Crippen molar-refractivity contribution in [3.8, 4) is 28.4 Å².